The Morgan fingerprint density at radius 2 is 1.36 bits per heavy atom. The van der Waals surface area contributed by atoms with E-state index in [1.54, 1.807) is 6.42 Å². The van der Waals surface area contributed by atoms with Gasteiger partial charge in [0.2, 0.25) is 0 Å². The standard InChI is InChI=1S/C11H22/c1-3-5-7-10-9-11(10)8-6-4-2/h10-11H,3-9H2,1-2H3. The van der Waals surface area contributed by atoms with E-state index >= 15 is 0 Å². The Morgan fingerprint density at radius 3 is 1.73 bits per heavy atom. The average Bonchev–Trinajstić information content (AvgIpc) is 2.76. The molecule has 2 unspecified atom stereocenters. The SMILES string of the molecule is CCCCC1CC1CCCC. The summed E-state index contributed by atoms with van der Waals surface area (Å²) in [5.74, 6) is 2.28. The van der Waals surface area contributed by atoms with Crippen LogP contribution in [0.2, 0.25) is 0 Å². The van der Waals surface area contributed by atoms with Crippen LogP contribution in [0.3, 0.4) is 0 Å². The van der Waals surface area contributed by atoms with Gasteiger partial charge in [-0.2, -0.15) is 0 Å². The van der Waals surface area contributed by atoms with Crippen LogP contribution < -0.4 is 0 Å². The third-order valence-corrected chi connectivity index (χ3v) is 2.93. The second-order valence-electron chi connectivity index (χ2n) is 4.04. The molecule has 0 radical (unpaired) electrons. The molecule has 0 spiro atoms. The Morgan fingerprint density at radius 1 is 0.909 bits per heavy atom. The molecule has 0 bridgehead atoms. The summed E-state index contributed by atoms with van der Waals surface area (Å²) in [6, 6.07) is 0. The fourth-order valence-corrected chi connectivity index (χ4v) is 1.95. The van der Waals surface area contributed by atoms with Gasteiger partial charge in [0.25, 0.3) is 0 Å². The molecule has 66 valence electrons. The van der Waals surface area contributed by atoms with Crippen molar-refractivity contribution in [2.24, 2.45) is 11.8 Å². The highest BCUT2D eigenvalue weighted by Gasteiger charge is 2.34. The highest BCUT2D eigenvalue weighted by Crippen LogP contribution is 2.45. The Kier molecular flexibility index (Phi) is 3.96. The van der Waals surface area contributed by atoms with E-state index in [9.17, 15) is 0 Å². The lowest BCUT2D eigenvalue weighted by atomic mass is 10.1. The lowest BCUT2D eigenvalue weighted by Gasteiger charge is -1.97. The summed E-state index contributed by atoms with van der Waals surface area (Å²) in [7, 11) is 0. The minimum atomic E-state index is 1.14. The highest BCUT2D eigenvalue weighted by atomic mass is 14.4. The van der Waals surface area contributed by atoms with E-state index in [1.165, 1.54) is 38.5 Å². The molecule has 0 aliphatic heterocycles. The molecule has 1 rings (SSSR count). The third kappa shape index (κ3) is 3.27. The van der Waals surface area contributed by atoms with Crippen LogP contribution in [0.5, 0.6) is 0 Å². The first-order chi connectivity index (χ1) is 5.38. The number of hydrogen-bond donors (Lipinski definition) is 0. The van der Waals surface area contributed by atoms with Crippen LogP contribution in [0, 0.1) is 11.8 Å². The molecular weight excluding hydrogens is 132 g/mol. The van der Waals surface area contributed by atoms with Crippen LogP contribution in [0.15, 0.2) is 0 Å². The summed E-state index contributed by atoms with van der Waals surface area (Å²) in [4.78, 5) is 0. The zero-order valence-corrected chi connectivity index (χ0v) is 8.10. The molecule has 0 aromatic carbocycles. The van der Waals surface area contributed by atoms with Crippen molar-refractivity contribution < 1.29 is 0 Å². The van der Waals surface area contributed by atoms with Gasteiger partial charge in [0, 0.05) is 0 Å². The van der Waals surface area contributed by atoms with E-state index in [4.69, 9.17) is 0 Å². The van der Waals surface area contributed by atoms with Crippen molar-refractivity contribution >= 4 is 0 Å². The molecule has 0 aromatic heterocycles. The van der Waals surface area contributed by atoms with Crippen molar-refractivity contribution in [1.29, 1.82) is 0 Å². The van der Waals surface area contributed by atoms with Crippen LogP contribution in [-0.2, 0) is 0 Å². The lowest BCUT2D eigenvalue weighted by Crippen LogP contribution is -1.83. The van der Waals surface area contributed by atoms with Crippen LogP contribution >= 0.6 is 0 Å². The second kappa shape index (κ2) is 4.79. The molecule has 1 fully saturated rings. The van der Waals surface area contributed by atoms with Gasteiger partial charge in [0.05, 0.1) is 0 Å². The van der Waals surface area contributed by atoms with Gasteiger partial charge in [-0.05, 0) is 18.3 Å². The third-order valence-electron chi connectivity index (χ3n) is 2.93. The maximum absolute atomic E-state index is 2.30. The molecular formula is C11H22. The quantitative estimate of drug-likeness (QED) is 0.542. The zero-order valence-electron chi connectivity index (χ0n) is 8.10. The summed E-state index contributed by atoms with van der Waals surface area (Å²) >= 11 is 0. The second-order valence-corrected chi connectivity index (χ2v) is 4.04. The zero-order chi connectivity index (χ0) is 8.10. The Balaban J connectivity index is 1.89. The highest BCUT2D eigenvalue weighted by molar-refractivity contribution is 4.85. The first kappa shape index (κ1) is 9.09. The van der Waals surface area contributed by atoms with Crippen molar-refractivity contribution in [3.05, 3.63) is 0 Å². The van der Waals surface area contributed by atoms with E-state index in [0.29, 0.717) is 0 Å². The molecule has 0 N–H and O–H groups in total. The van der Waals surface area contributed by atoms with E-state index in [1.807, 2.05) is 0 Å². The topological polar surface area (TPSA) is 0 Å². The van der Waals surface area contributed by atoms with Gasteiger partial charge in [-0.25, -0.2) is 0 Å². The maximum atomic E-state index is 2.30. The molecule has 1 aliphatic rings. The fourth-order valence-electron chi connectivity index (χ4n) is 1.95. The monoisotopic (exact) mass is 154 g/mol. The molecule has 1 aliphatic carbocycles. The summed E-state index contributed by atoms with van der Waals surface area (Å²) in [6.45, 7) is 4.59. The van der Waals surface area contributed by atoms with Crippen molar-refractivity contribution in [3.63, 3.8) is 0 Å². The minimum absolute atomic E-state index is 1.14. The van der Waals surface area contributed by atoms with Crippen LogP contribution in [0.4, 0.5) is 0 Å². The predicted molar refractivity (Wildman–Crippen MR) is 50.6 cm³/mol. The van der Waals surface area contributed by atoms with E-state index < -0.39 is 0 Å². The van der Waals surface area contributed by atoms with Crippen molar-refractivity contribution in [2.75, 3.05) is 0 Å². The van der Waals surface area contributed by atoms with Gasteiger partial charge in [-0.15, -0.1) is 0 Å². The van der Waals surface area contributed by atoms with Gasteiger partial charge >= 0.3 is 0 Å². The van der Waals surface area contributed by atoms with Crippen LogP contribution in [-0.4, -0.2) is 0 Å². The Hall–Kier alpha value is 0. The van der Waals surface area contributed by atoms with Gasteiger partial charge in [0.15, 0.2) is 0 Å². The van der Waals surface area contributed by atoms with Gasteiger partial charge in [-0.1, -0.05) is 52.4 Å². The lowest BCUT2D eigenvalue weighted by molar-refractivity contribution is 0.559. The first-order valence-electron chi connectivity index (χ1n) is 5.38. The van der Waals surface area contributed by atoms with E-state index in [0.717, 1.165) is 11.8 Å². The molecule has 0 saturated heterocycles. The Bertz CT molecular complexity index is 84.2. The number of rotatable bonds is 6. The smallest absolute Gasteiger partial charge is 0.0383 e. The molecule has 0 aromatic rings. The average molecular weight is 154 g/mol. The van der Waals surface area contributed by atoms with E-state index in [-0.39, 0.29) is 0 Å². The summed E-state index contributed by atoms with van der Waals surface area (Å²) < 4.78 is 0. The van der Waals surface area contributed by atoms with Gasteiger partial charge in [-0.3, -0.25) is 0 Å². The Labute approximate surface area is 71.4 Å². The minimum Gasteiger partial charge on any atom is -0.0654 e. The molecule has 11 heavy (non-hydrogen) atoms. The van der Waals surface area contributed by atoms with Crippen molar-refractivity contribution in [2.45, 2.75) is 58.8 Å². The van der Waals surface area contributed by atoms with Crippen molar-refractivity contribution in [3.8, 4) is 0 Å². The van der Waals surface area contributed by atoms with Crippen LogP contribution in [0.1, 0.15) is 58.8 Å². The van der Waals surface area contributed by atoms with E-state index in [2.05, 4.69) is 13.8 Å². The normalized spacial score (nSPS) is 28.9. The number of hydrogen-bond acceptors (Lipinski definition) is 0. The summed E-state index contributed by atoms with van der Waals surface area (Å²) in [6.07, 6.45) is 10.3. The molecule has 0 heterocycles. The maximum Gasteiger partial charge on any atom is -0.0383 e. The summed E-state index contributed by atoms with van der Waals surface area (Å²) in [5.41, 5.74) is 0. The fraction of sp³-hybridized carbons (Fsp3) is 1.00. The van der Waals surface area contributed by atoms with Gasteiger partial charge in [0.1, 0.15) is 0 Å². The number of unbranched alkanes of at least 4 members (excludes halogenated alkanes) is 2. The molecule has 1 saturated carbocycles. The predicted octanol–water partition coefficient (Wildman–Crippen LogP) is 4.00. The van der Waals surface area contributed by atoms with Crippen molar-refractivity contribution in [1.82, 2.24) is 0 Å². The summed E-state index contributed by atoms with van der Waals surface area (Å²) in [5, 5.41) is 0. The molecule has 0 heteroatoms. The molecule has 0 nitrogen and oxygen atoms in total. The van der Waals surface area contributed by atoms with Crippen LogP contribution in [0.25, 0.3) is 0 Å². The molecule has 2 atom stereocenters. The molecule has 0 amide bonds. The van der Waals surface area contributed by atoms with Gasteiger partial charge < -0.3 is 0 Å². The first-order valence-corrected chi connectivity index (χ1v) is 5.38. The largest absolute Gasteiger partial charge is 0.0654 e.